The summed E-state index contributed by atoms with van der Waals surface area (Å²) < 4.78 is 29.7. The van der Waals surface area contributed by atoms with Crippen molar-refractivity contribution in [3.63, 3.8) is 0 Å². The largest absolute Gasteiger partial charge is 0.502 e. The summed E-state index contributed by atoms with van der Waals surface area (Å²) >= 11 is 0. The molecule has 1 aromatic rings. The molecule has 0 aliphatic rings. The Bertz CT molecular complexity index is 657. The van der Waals surface area contributed by atoms with Crippen molar-refractivity contribution in [2.24, 2.45) is 0 Å². The van der Waals surface area contributed by atoms with Gasteiger partial charge >= 0.3 is 11.7 Å². The Morgan fingerprint density at radius 2 is 2.10 bits per heavy atom. The Morgan fingerprint density at radius 1 is 1.48 bits per heavy atom. The number of ether oxygens (including phenoxy) is 1. The van der Waals surface area contributed by atoms with Gasteiger partial charge in [-0.3, -0.25) is 14.9 Å². The van der Waals surface area contributed by atoms with Gasteiger partial charge < -0.3 is 9.84 Å². The number of esters is 1. The van der Waals surface area contributed by atoms with Crippen LogP contribution in [0.2, 0.25) is 0 Å². The van der Waals surface area contributed by atoms with Crippen molar-refractivity contribution in [1.29, 1.82) is 0 Å². The first-order chi connectivity index (χ1) is 9.70. The third kappa shape index (κ3) is 3.89. The van der Waals surface area contributed by atoms with E-state index in [1.165, 1.54) is 0 Å². The van der Waals surface area contributed by atoms with E-state index in [0.717, 1.165) is 25.2 Å². The standard InChI is InChI=1S/C11H14N2O7S/c1-3-20-11(15)7-12(2)21(18,19)8-4-5-10(14)9(6-8)13(16)17/h4-6,14H,3,7H2,1-2H3. The molecule has 0 spiro atoms. The number of nitrogens with zero attached hydrogens (tertiary/aromatic N) is 2. The highest BCUT2D eigenvalue weighted by Crippen LogP contribution is 2.29. The van der Waals surface area contributed by atoms with Crippen LogP contribution >= 0.6 is 0 Å². The van der Waals surface area contributed by atoms with E-state index in [-0.39, 0.29) is 6.61 Å². The van der Waals surface area contributed by atoms with Crippen LogP contribution in [-0.2, 0) is 19.6 Å². The highest BCUT2D eigenvalue weighted by Gasteiger charge is 2.26. The number of rotatable bonds is 6. The van der Waals surface area contributed by atoms with Gasteiger partial charge in [-0.05, 0) is 19.1 Å². The van der Waals surface area contributed by atoms with Crippen molar-refractivity contribution < 1.29 is 28.0 Å². The molecule has 0 aromatic heterocycles. The Hall–Kier alpha value is -2.20. The number of phenols is 1. The van der Waals surface area contributed by atoms with E-state index in [1.807, 2.05) is 0 Å². The Balaban J connectivity index is 3.10. The highest BCUT2D eigenvalue weighted by atomic mass is 32.2. The van der Waals surface area contributed by atoms with Crippen LogP contribution in [0.3, 0.4) is 0 Å². The number of carbonyl (C=O) groups excluding carboxylic acids is 1. The zero-order valence-electron chi connectivity index (χ0n) is 11.3. The maximum absolute atomic E-state index is 12.2. The first kappa shape index (κ1) is 16.9. The maximum atomic E-state index is 12.2. The molecular formula is C11H14N2O7S. The number of nitro groups is 1. The number of benzene rings is 1. The van der Waals surface area contributed by atoms with Gasteiger partial charge in [0.2, 0.25) is 10.0 Å². The average molecular weight is 318 g/mol. The highest BCUT2D eigenvalue weighted by molar-refractivity contribution is 7.89. The zero-order valence-corrected chi connectivity index (χ0v) is 12.2. The molecule has 116 valence electrons. The van der Waals surface area contributed by atoms with Gasteiger partial charge in [0.25, 0.3) is 0 Å². The van der Waals surface area contributed by atoms with E-state index in [2.05, 4.69) is 4.74 Å². The minimum atomic E-state index is -4.11. The van der Waals surface area contributed by atoms with Crippen LogP contribution in [0.5, 0.6) is 5.75 Å². The van der Waals surface area contributed by atoms with Crippen molar-refractivity contribution >= 4 is 21.7 Å². The number of hydrogen-bond acceptors (Lipinski definition) is 7. The molecule has 10 heteroatoms. The first-order valence-corrected chi connectivity index (χ1v) is 7.23. The molecule has 0 aliphatic carbocycles. The van der Waals surface area contributed by atoms with E-state index in [1.54, 1.807) is 6.92 Å². The summed E-state index contributed by atoms with van der Waals surface area (Å²) in [4.78, 5) is 20.7. The summed E-state index contributed by atoms with van der Waals surface area (Å²) in [7, 11) is -2.96. The van der Waals surface area contributed by atoms with Crippen molar-refractivity contribution in [3.8, 4) is 5.75 Å². The van der Waals surface area contributed by atoms with Gasteiger partial charge in [0.05, 0.1) is 16.4 Å². The molecule has 9 nitrogen and oxygen atoms in total. The lowest BCUT2D eigenvalue weighted by atomic mass is 10.3. The molecule has 0 bridgehead atoms. The predicted octanol–water partition coefficient (Wildman–Crippen LogP) is 0.484. The second kappa shape index (κ2) is 6.50. The molecule has 0 unspecified atom stereocenters. The Labute approximate surface area is 120 Å². The van der Waals surface area contributed by atoms with E-state index in [0.29, 0.717) is 4.31 Å². The molecule has 0 amide bonds. The van der Waals surface area contributed by atoms with Gasteiger partial charge in [0.1, 0.15) is 6.54 Å². The van der Waals surface area contributed by atoms with Gasteiger partial charge in [-0.2, -0.15) is 4.31 Å². The Kier molecular flexibility index (Phi) is 5.22. The molecule has 0 aliphatic heterocycles. The number of phenolic OH excluding ortho intramolecular Hbond substituents is 1. The third-order valence-electron chi connectivity index (χ3n) is 2.51. The normalized spacial score (nSPS) is 11.4. The molecule has 1 aromatic carbocycles. The monoisotopic (exact) mass is 318 g/mol. The quantitative estimate of drug-likeness (QED) is 0.459. The minimum Gasteiger partial charge on any atom is -0.502 e. The Morgan fingerprint density at radius 3 is 2.62 bits per heavy atom. The number of nitro benzene ring substituents is 1. The molecule has 0 radical (unpaired) electrons. The molecular weight excluding hydrogens is 304 g/mol. The second-order valence-electron chi connectivity index (χ2n) is 3.97. The summed E-state index contributed by atoms with van der Waals surface area (Å²) in [6.07, 6.45) is 0. The molecule has 1 N–H and O–H groups in total. The summed E-state index contributed by atoms with van der Waals surface area (Å²) in [5, 5.41) is 20.0. The van der Waals surface area contributed by atoms with Crippen LogP contribution in [0.25, 0.3) is 0 Å². The van der Waals surface area contributed by atoms with Gasteiger partial charge in [0, 0.05) is 13.1 Å². The van der Waals surface area contributed by atoms with Crippen molar-refractivity contribution in [2.75, 3.05) is 20.2 Å². The van der Waals surface area contributed by atoms with E-state index >= 15 is 0 Å². The van der Waals surface area contributed by atoms with Crippen LogP contribution in [-0.4, -0.2) is 48.9 Å². The van der Waals surface area contributed by atoms with Crippen molar-refractivity contribution in [1.82, 2.24) is 4.31 Å². The lowest BCUT2D eigenvalue weighted by molar-refractivity contribution is -0.386. The first-order valence-electron chi connectivity index (χ1n) is 5.79. The number of hydrogen-bond donors (Lipinski definition) is 1. The minimum absolute atomic E-state index is 0.109. The summed E-state index contributed by atoms with van der Waals surface area (Å²) in [5.74, 6) is -1.39. The smallest absolute Gasteiger partial charge is 0.321 e. The molecule has 0 fully saturated rings. The van der Waals surface area contributed by atoms with Crippen LogP contribution < -0.4 is 0 Å². The summed E-state index contributed by atoms with van der Waals surface area (Å²) in [6.45, 7) is 1.16. The van der Waals surface area contributed by atoms with Crippen molar-refractivity contribution in [2.45, 2.75) is 11.8 Å². The molecule has 0 heterocycles. The van der Waals surface area contributed by atoms with Gasteiger partial charge in [0.15, 0.2) is 5.75 Å². The molecule has 21 heavy (non-hydrogen) atoms. The SMILES string of the molecule is CCOC(=O)CN(C)S(=O)(=O)c1ccc(O)c([N+](=O)[O-])c1. The van der Waals surface area contributed by atoms with Gasteiger partial charge in [-0.1, -0.05) is 0 Å². The second-order valence-corrected chi connectivity index (χ2v) is 6.02. The van der Waals surface area contributed by atoms with Gasteiger partial charge in [-0.15, -0.1) is 0 Å². The van der Waals surface area contributed by atoms with Crippen LogP contribution in [0.4, 0.5) is 5.69 Å². The molecule has 0 saturated carbocycles. The molecule has 0 saturated heterocycles. The summed E-state index contributed by atoms with van der Waals surface area (Å²) in [6, 6.07) is 2.65. The van der Waals surface area contributed by atoms with Crippen LogP contribution in [0, 0.1) is 10.1 Å². The van der Waals surface area contributed by atoms with Crippen molar-refractivity contribution in [3.05, 3.63) is 28.3 Å². The lowest BCUT2D eigenvalue weighted by Gasteiger charge is -2.16. The average Bonchev–Trinajstić information content (AvgIpc) is 2.38. The number of sulfonamides is 1. The summed E-state index contributed by atoms with van der Waals surface area (Å²) in [5.41, 5.74) is -0.736. The van der Waals surface area contributed by atoms with E-state index in [9.17, 15) is 28.4 Å². The molecule has 1 rings (SSSR count). The van der Waals surface area contributed by atoms with Crippen LogP contribution in [0.1, 0.15) is 6.92 Å². The third-order valence-corrected chi connectivity index (χ3v) is 4.31. The fraction of sp³-hybridized carbons (Fsp3) is 0.364. The van der Waals surface area contributed by atoms with Crippen LogP contribution in [0.15, 0.2) is 23.1 Å². The predicted molar refractivity (Wildman–Crippen MR) is 71.2 cm³/mol. The van der Waals surface area contributed by atoms with E-state index < -0.39 is 43.8 Å². The lowest BCUT2D eigenvalue weighted by Crippen LogP contribution is -2.33. The van der Waals surface area contributed by atoms with Gasteiger partial charge in [-0.25, -0.2) is 8.42 Å². The number of likely N-dealkylation sites (N-methyl/N-ethyl adjacent to an activating group) is 1. The number of carbonyl (C=O) groups is 1. The molecule has 0 atom stereocenters. The maximum Gasteiger partial charge on any atom is 0.321 e. The number of aromatic hydroxyl groups is 1. The van der Waals surface area contributed by atoms with E-state index in [4.69, 9.17) is 0 Å². The fourth-order valence-electron chi connectivity index (χ4n) is 1.46. The fourth-order valence-corrected chi connectivity index (χ4v) is 2.60. The topological polar surface area (TPSA) is 127 Å². The zero-order chi connectivity index (χ0) is 16.2.